The Hall–Kier alpha value is -2.69. The van der Waals surface area contributed by atoms with Gasteiger partial charge in [0.05, 0.1) is 11.9 Å². The van der Waals surface area contributed by atoms with Crippen LogP contribution >= 0.6 is 0 Å². The number of halogens is 1. The summed E-state index contributed by atoms with van der Waals surface area (Å²) in [6.07, 6.45) is 6.07. The minimum Gasteiger partial charge on any atom is -0.399 e. The number of anilines is 1. The quantitative estimate of drug-likeness (QED) is 0.715. The summed E-state index contributed by atoms with van der Waals surface area (Å²) >= 11 is 0. The van der Waals surface area contributed by atoms with Crippen molar-refractivity contribution in [2.75, 3.05) is 5.73 Å². The average Bonchev–Trinajstić information content (AvgIpc) is 2.89. The molecular formula is C14H11FN4. The van der Waals surface area contributed by atoms with Gasteiger partial charge in [-0.3, -0.25) is 9.55 Å². The second-order valence-electron chi connectivity index (χ2n) is 4.07. The fraction of sp³-hybridized carbons (Fsp3) is 0. The monoisotopic (exact) mass is 254 g/mol. The van der Waals surface area contributed by atoms with Crippen LogP contribution in [-0.4, -0.2) is 14.5 Å². The summed E-state index contributed by atoms with van der Waals surface area (Å²) in [5.41, 5.74) is 7.62. The molecule has 0 bridgehead atoms. The van der Waals surface area contributed by atoms with Gasteiger partial charge in [-0.25, -0.2) is 9.37 Å². The second-order valence-corrected chi connectivity index (χ2v) is 4.07. The largest absolute Gasteiger partial charge is 0.399 e. The lowest BCUT2D eigenvalue weighted by molar-refractivity contribution is 0.612. The molecule has 0 aliphatic heterocycles. The molecule has 3 rings (SSSR count). The second kappa shape index (κ2) is 4.53. The summed E-state index contributed by atoms with van der Waals surface area (Å²) in [4.78, 5) is 8.01. The van der Waals surface area contributed by atoms with E-state index in [4.69, 9.17) is 5.73 Å². The van der Waals surface area contributed by atoms with Crippen LogP contribution in [0, 0.1) is 5.82 Å². The molecule has 0 radical (unpaired) electrons. The van der Waals surface area contributed by atoms with Crippen LogP contribution in [0.5, 0.6) is 0 Å². The highest BCUT2D eigenvalue weighted by Gasteiger charge is 2.10. The van der Waals surface area contributed by atoms with Gasteiger partial charge in [0.1, 0.15) is 5.82 Å². The number of nitrogens with two attached hydrogens (primary N) is 1. The van der Waals surface area contributed by atoms with Gasteiger partial charge in [0.2, 0.25) is 0 Å². The van der Waals surface area contributed by atoms with Crippen molar-refractivity contribution in [3.63, 3.8) is 0 Å². The topological polar surface area (TPSA) is 56.7 Å². The van der Waals surface area contributed by atoms with Crippen LogP contribution in [-0.2, 0) is 0 Å². The van der Waals surface area contributed by atoms with Gasteiger partial charge < -0.3 is 5.73 Å². The highest BCUT2D eigenvalue weighted by Crippen LogP contribution is 2.23. The van der Waals surface area contributed by atoms with Crippen molar-refractivity contribution in [1.29, 1.82) is 0 Å². The number of hydrogen-bond acceptors (Lipinski definition) is 3. The van der Waals surface area contributed by atoms with Crippen LogP contribution < -0.4 is 5.73 Å². The summed E-state index contributed by atoms with van der Waals surface area (Å²) in [5, 5.41) is 0. The summed E-state index contributed by atoms with van der Waals surface area (Å²) < 4.78 is 15.5. The Morgan fingerprint density at radius 2 is 1.84 bits per heavy atom. The molecule has 0 atom stereocenters. The molecule has 5 heteroatoms. The van der Waals surface area contributed by atoms with Gasteiger partial charge in [0, 0.05) is 29.8 Å². The SMILES string of the molecule is Nc1ccc(-c2nccn2-c2ccncc2F)cc1. The van der Waals surface area contributed by atoms with Crippen molar-refractivity contribution in [2.45, 2.75) is 0 Å². The Balaban J connectivity index is 2.13. The zero-order chi connectivity index (χ0) is 13.2. The van der Waals surface area contributed by atoms with Crippen LogP contribution in [0.2, 0.25) is 0 Å². The number of benzene rings is 1. The van der Waals surface area contributed by atoms with E-state index < -0.39 is 5.82 Å². The standard InChI is InChI=1S/C14H11FN4/c15-12-9-17-6-5-13(12)19-8-7-18-14(19)10-1-3-11(16)4-2-10/h1-9H,16H2. The average molecular weight is 254 g/mol. The first-order valence-electron chi connectivity index (χ1n) is 5.75. The molecule has 3 aromatic rings. The lowest BCUT2D eigenvalue weighted by Gasteiger charge is -2.08. The molecule has 2 aromatic heterocycles. The molecule has 0 aliphatic rings. The minimum atomic E-state index is -0.391. The third-order valence-electron chi connectivity index (χ3n) is 2.82. The zero-order valence-corrected chi connectivity index (χ0v) is 9.99. The lowest BCUT2D eigenvalue weighted by atomic mass is 10.2. The van der Waals surface area contributed by atoms with E-state index in [0.717, 1.165) is 5.56 Å². The number of aromatic nitrogens is 3. The summed E-state index contributed by atoms with van der Waals surface area (Å²) in [6.45, 7) is 0. The van der Waals surface area contributed by atoms with Gasteiger partial charge in [-0.15, -0.1) is 0 Å². The van der Waals surface area contributed by atoms with Gasteiger partial charge in [0.15, 0.2) is 5.82 Å². The van der Waals surface area contributed by atoms with Crippen molar-refractivity contribution in [1.82, 2.24) is 14.5 Å². The maximum absolute atomic E-state index is 13.8. The molecule has 0 fully saturated rings. The third-order valence-corrected chi connectivity index (χ3v) is 2.82. The van der Waals surface area contributed by atoms with E-state index in [1.165, 1.54) is 6.20 Å². The van der Waals surface area contributed by atoms with Gasteiger partial charge >= 0.3 is 0 Å². The number of pyridine rings is 1. The zero-order valence-electron chi connectivity index (χ0n) is 9.99. The molecule has 1 aromatic carbocycles. The molecule has 0 unspecified atom stereocenters. The van der Waals surface area contributed by atoms with Crippen molar-refractivity contribution in [3.05, 3.63) is 60.9 Å². The van der Waals surface area contributed by atoms with Crippen molar-refractivity contribution in [3.8, 4) is 17.1 Å². The Bertz CT molecular complexity index is 703. The van der Waals surface area contributed by atoms with E-state index in [9.17, 15) is 4.39 Å². The number of imidazole rings is 1. The fourth-order valence-corrected chi connectivity index (χ4v) is 1.91. The Morgan fingerprint density at radius 3 is 2.58 bits per heavy atom. The Kier molecular flexibility index (Phi) is 2.72. The molecule has 0 saturated carbocycles. The number of nitrogen functional groups attached to an aromatic ring is 1. The van der Waals surface area contributed by atoms with E-state index in [1.807, 2.05) is 12.1 Å². The molecule has 2 heterocycles. The number of hydrogen-bond donors (Lipinski definition) is 1. The van der Waals surface area contributed by atoms with E-state index in [1.54, 1.807) is 41.4 Å². The van der Waals surface area contributed by atoms with Gasteiger partial charge in [0.25, 0.3) is 0 Å². The summed E-state index contributed by atoms with van der Waals surface area (Å²) in [5.74, 6) is 0.266. The molecule has 19 heavy (non-hydrogen) atoms. The summed E-state index contributed by atoms with van der Waals surface area (Å²) in [6, 6.07) is 8.90. The van der Waals surface area contributed by atoms with E-state index in [-0.39, 0.29) is 0 Å². The van der Waals surface area contributed by atoms with Gasteiger partial charge in [-0.2, -0.15) is 0 Å². The molecule has 2 N–H and O–H groups in total. The predicted molar refractivity (Wildman–Crippen MR) is 71.2 cm³/mol. The highest BCUT2D eigenvalue weighted by molar-refractivity contribution is 5.61. The highest BCUT2D eigenvalue weighted by atomic mass is 19.1. The molecule has 94 valence electrons. The lowest BCUT2D eigenvalue weighted by Crippen LogP contribution is -1.99. The van der Waals surface area contributed by atoms with Crippen LogP contribution in [0.1, 0.15) is 0 Å². The van der Waals surface area contributed by atoms with Crippen LogP contribution in [0.15, 0.2) is 55.1 Å². The number of rotatable bonds is 2. The van der Waals surface area contributed by atoms with E-state index in [2.05, 4.69) is 9.97 Å². The molecular weight excluding hydrogens is 243 g/mol. The maximum atomic E-state index is 13.8. The normalized spacial score (nSPS) is 10.6. The van der Waals surface area contributed by atoms with Crippen molar-refractivity contribution in [2.24, 2.45) is 0 Å². The molecule has 0 amide bonds. The maximum Gasteiger partial charge on any atom is 0.165 e. The number of nitrogens with zero attached hydrogens (tertiary/aromatic N) is 3. The van der Waals surface area contributed by atoms with Gasteiger partial charge in [-0.05, 0) is 30.3 Å². The minimum absolute atomic E-state index is 0.391. The molecule has 0 spiro atoms. The van der Waals surface area contributed by atoms with Crippen LogP contribution in [0.4, 0.5) is 10.1 Å². The van der Waals surface area contributed by atoms with E-state index >= 15 is 0 Å². The van der Waals surface area contributed by atoms with Crippen molar-refractivity contribution < 1.29 is 4.39 Å². The van der Waals surface area contributed by atoms with Crippen LogP contribution in [0.25, 0.3) is 17.1 Å². The smallest absolute Gasteiger partial charge is 0.165 e. The fourth-order valence-electron chi connectivity index (χ4n) is 1.91. The Labute approximate surface area is 109 Å². The predicted octanol–water partition coefficient (Wildman–Crippen LogP) is 2.66. The molecule has 0 aliphatic carbocycles. The first kappa shape index (κ1) is 11.4. The first-order chi connectivity index (χ1) is 9.25. The summed E-state index contributed by atoms with van der Waals surface area (Å²) in [7, 11) is 0. The Morgan fingerprint density at radius 1 is 1.05 bits per heavy atom. The van der Waals surface area contributed by atoms with Gasteiger partial charge in [-0.1, -0.05) is 0 Å². The first-order valence-corrected chi connectivity index (χ1v) is 5.75. The van der Waals surface area contributed by atoms with E-state index in [0.29, 0.717) is 17.2 Å². The van der Waals surface area contributed by atoms with Crippen LogP contribution in [0.3, 0.4) is 0 Å². The van der Waals surface area contributed by atoms with Crippen molar-refractivity contribution >= 4 is 5.69 Å². The molecule has 0 saturated heterocycles. The molecule has 4 nitrogen and oxygen atoms in total. The third kappa shape index (κ3) is 2.06.